The monoisotopic (exact) mass is 329 g/mol. The van der Waals surface area contributed by atoms with Gasteiger partial charge in [0.05, 0.1) is 5.71 Å². The second kappa shape index (κ2) is 6.67. The SMILES string of the molecule is CC1CC(=O)NN=C1c1ccc(NC(=O)OCC(F)(F)F)cc1. The number of halogens is 3. The number of carbonyl (C=O) groups is 2. The molecule has 2 amide bonds. The van der Waals surface area contributed by atoms with E-state index >= 15 is 0 Å². The van der Waals surface area contributed by atoms with Crippen LogP contribution in [0.4, 0.5) is 23.7 Å². The summed E-state index contributed by atoms with van der Waals surface area (Å²) in [6.45, 7) is 0.211. The molecular weight excluding hydrogens is 315 g/mol. The van der Waals surface area contributed by atoms with Gasteiger partial charge in [-0.15, -0.1) is 0 Å². The fourth-order valence-electron chi connectivity index (χ4n) is 2.03. The highest BCUT2D eigenvalue weighted by Crippen LogP contribution is 2.19. The van der Waals surface area contributed by atoms with E-state index in [0.717, 1.165) is 5.56 Å². The van der Waals surface area contributed by atoms with Gasteiger partial charge < -0.3 is 4.74 Å². The molecule has 0 spiro atoms. The number of carbonyl (C=O) groups excluding carboxylic acids is 2. The first-order chi connectivity index (χ1) is 10.7. The molecule has 1 aliphatic heterocycles. The highest BCUT2D eigenvalue weighted by Gasteiger charge is 2.29. The van der Waals surface area contributed by atoms with Crippen molar-refractivity contribution in [3.8, 4) is 0 Å². The molecule has 0 radical (unpaired) electrons. The lowest BCUT2D eigenvalue weighted by Crippen LogP contribution is -2.31. The van der Waals surface area contributed by atoms with Gasteiger partial charge in [-0.1, -0.05) is 19.1 Å². The van der Waals surface area contributed by atoms with Crippen LogP contribution in [0.3, 0.4) is 0 Å². The summed E-state index contributed by atoms with van der Waals surface area (Å²) < 4.78 is 39.8. The number of ether oxygens (including phenoxy) is 1. The minimum absolute atomic E-state index is 0.0562. The van der Waals surface area contributed by atoms with Crippen molar-refractivity contribution in [3.63, 3.8) is 0 Å². The van der Waals surface area contributed by atoms with E-state index in [1.807, 2.05) is 6.92 Å². The Morgan fingerprint density at radius 2 is 2.04 bits per heavy atom. The van der Waals surface area contributed by atoms with Crippen LogP contribution in [-0.2, 0) is 9.53 Å². The number of alkyl halides is 3. The summed E-state index contributed by atoms with van der Waals surface area (Å²) in [5, 5.41) is 6.18. The molecular formula is C14H14F3N3O3. The molecule has 23 heavy (non-hydrogen) atoms. The molecule has 0 saturated carbocycles. The van der Waals surface area contributed by atoms with E-state index in [1.165, 1.54) is 12.1 Å². The van der Waals surface area contributed by atoms with Gasteiger partial charge in [-0.25, -0.2) is 10.2 Å². The molecule has 1 atom stereocenters. The van der Waals surface area contributed by atoms with Gasteiger partial charge >= 0.3 is 12.3 Å². The third-order valence-corrected chi connectivity index (χ3v) is 3.05. The Balaban J connectivity index is 1.97. The van der Waals surface area contributed by atoms with Crippen LogP contribution in [0.25, 0.3) is 0 Å². The molecule has 2 N–H and O–H groups in total. The van der Waals surface area contributed by atoms with Crippen molar-refractivity contribution < 1.29 is 27.5 Å². The Morgan fingerprint density at radius 3 is 2.61 bits per heavy atom. The topological polar surface area (TPSA) is 79.8 Å². The van der Waals surface area contributed by atoms with Crippen molar-refractivity contribution in [2.75, 3.05) is 11.9 Å². The highest BCUT2D eigenvalue weighted by molar-refractivity contribution is 6.06. The van der Waals surface area contributed by atoms with Gasteiger partial charge in [0.15, 0.2) is 6.61 Å². The van der Waals surface area contributed by atoms with E-state index in [-0.39, 0.29) is 17.5 Å². The van der Waals surface area contributed by atoms with Gasteiger partial charge in [0, 0.05) is 18.0 Å². The molecule has 1 aromatic carbocycles. The molecule has 9 heteroatoms. The van der Waals surface area contributed by atoms with Gasteiger partial charge in [0.1, 0.15) is 0 Å². The van der Waals surface area contributed by atoms with Crippen LogP contribution < -0.4 is 10.7 Å². The summed E-state index contributed by atoms with van der Waals surface area (Å²) in [6.07, 6.45) is -5.44. The zero-order valence-corrected chi connectivity index (χ0v) is 12.1. The molecule has 2 rings (SSSR count). The van der Waals surface area contributed by atoms with Crippen LogP contribution in [0.2, 0.25) is 0 Å². The molecule has 0 aromatic heterocycles. The third-order valence-electron chi connectivity index (χ3n) is 3.05. The summed E-state index contributed by atoms with van der Waals surface area (Å²) in [7, 11) is 0. The Morgan fingerprint density at radius 1 is 1.39 bits per heavy atom. The van der Waals surface area contributed by atoms with E-state index in [0.29, 0.717) is 12.1 Å². The lowest BCUT2D eigenvalue weighted by atomic mass is 9.94. The van der Waals surface area contributed by atoms with Crippen LogP contribution in [0.1, 0.15) is 18.9 Å². The maximum atomic E-state index is 11.9. The Labute approximate surface area is 129 Å². The molecule has 1 aliphatic rings. The van der Waals surface area contributed by atoms with Crippen molar-refractivity contribution >= 4 is 23.4 Å². The molecule has 0 saturated heterocycles. The van der Waals surface area contributed by atoms with Crippen molar-refractivity contribution in [1.29, 1.82) is 0 Å². The van der Waals surface area contributed by atoms with Gasteiger partial charge in [0.25, 0.3) is 0 Å². The molecule has 1 heterocycles. The standard InChI is InChI=1S/C14H14F3N3O3/c1-8-6-11(21)19-20-12(8)9-2-4-10(5-3-9)18-13(22)23-7-14(15,16)17/h2-5,8H,6-7H2,1H3,(H,18,22)(H,19,21). The van der Waals surface area contributed by atoms with Crippen LogP contribution >= 0.6 is 0 Å². The summed E-state index contributed by atoms with van der Waals surface area (Å²) in [6, 6.07) is 6.31. The number of hydrogen-bond acceptors (Lipinski definition) is 4. The largest absolute Gasteiger partial charge is 0.440 e. The average molecular weight is 329 g/mol. The third kappa shape index (κ3) is 4.97. The Bertz CT molecular complexity index is 626. The maximum absolute atomic E-state index is 11.9. The van der Waals surface area contributed by atoms with E-state index in [9.17, 15) is 22.8 Å². The summed E-state index contributed by atoms with van der Waals surface area (Å²) in [5.41, 5.74) is 4.11. The predicted octanol–water partition coefficient (Wildman–Crippen LogP) is 2.66. The van der Waals surface area contributed by atoms with Gasteiger partial charge in [-0.2, -0.15) is 18.3 Å². The summed E-state index contributed by atoms with van der Waals surface area (Å²) in [5.74, 6) is -0.216. The van der Waals surface area contributed by atoms with Crippen molar-refractivity contribution in [2.24, 2.45) is 11.0 Å². The van der Waals surface area contributed by atoms with Crippen LogP contribution in [-0.4, -0.2) is 30.5 Å². The zero-order chi connectivity index (χ0) is 17.0. The first-order valence-corrected chi connectivity index (χ1v) is 6.72. The first kappa shape index (κ1) is 16.8. The molecule has 124 valence electrons. The smallest absolute Gasteiger partial charge is 0.422 e. The van der Waals surface area contributed by atoms with Crippen LogP contribution in [0.5, 0.6) is 0 Å². The number of benzene rings is 1. The quantitative estimate of drug-likeness (QED) is 0.895. The Kier molecular flexibility index (Phi) is 4.87. The van der Waals surface area contributed by atoms with E-state index in [2.05, 4.69) is 20.6 Å². The predicted molar refractivity (Wildman–Crippen MR) is 75.9 cm³/mol. The van der Waals surface area contributed by atoms with Crippen molar-refractivity contribution in [1.82, 2.24) is 5.43 Å². The molecule has 6 nitrogen and oxygen atoms in total. The average Bonchev–Trinajstić information content (AvgIpc) is 2.46. The number of nitrogens with one attached hydrogen (secondary N) is 2. The molecule has 0 fully saturated rings. The second-order valence-electron chi connectivity index (χ2n) is 5.03. The molecule has 0 aliphatic carbocycles. The number of hydrogen-bond donors (Lipinski definition) is 2. The van der Waals surface area contributed by atoms with E-state index < -0.39 is 18.9 Å². The molecule has 1 aromatic rings. The molecule has 0 bridgehead atoms. The van der Waals surface area contributed by atoms with E-state index in [1.54, 1.807) is 12.1 Å². The lowest BCUT2D eigenvalue weighted by molar-refractivity contribution is -0.159. The minimum atomic E-state index is -4.57. The zero-order valence-electron chi connectivity index (χ0n) is 12.1. The fraction of sp³-hybridized carbons (Fsp3) is 0.357. The summed E-state index contributed by atoms with van der Waals surface area (Å²) in [4.78, 5) is 22.4. The van der Waals surface area contributed by atoms with Gasteiger partial charge in [-0.05, 0) is 17.7 Å². The van der Waals surface area contributed by atoms with Gasteiger partial charge in [-0.3, -0.25) is 10.1 Å². The normalized spacial score (nSPS) is 18.0. The number of amides is 2. The van der Waals surface area contributed by atoms with Crippen LogP contribution in [0, 0.1) is 5.92 Å². The van der Waals surface area contributed by atoms with Crippen molar-refractivity contribution in [2.45, 2.75) is 19.5 Å². The number of rotatable bonds is 3. The number of nitrogens with zero attached hydrogens (tertiary/aromatic N) is 1. The number of anilines is 1. The first-order valence-electron chi connectivity index (χ1n) is 6.72. The lowest BCUT2D eigenvalue weighted by Gasteiger charge is -2.19. The fourth-order valence-corrected chi connectivity index (χ4v) is 2.03. The van der Waals surface area contributed by atoms with Gasteiger partial charge in [0.2, 0.25) is 5.91 Å². The second-order valence-corrected chi connectivity index (χ2v) is 5.03. The van der Waals surface area contributed by atoms with E-state index in [4.69, 9.17) is 0 Å². The van der Waals surface area contributed by atoms with Crippen LogP contribution in [0.15, 0.2) is 29.4 Å². The number of hydrazone groups is 1. The molecule has 1 unspecified atom stereocenters. The van der Waals surface area contributed by atoms with Crippen molar-refractivity contribution in [3.05, 3.63) is 29.8 Å². The minimum Gasteiger partial charge on any atom is -0.440 e. The highest BCUT2D eigenvalue weighted by atomic mass is 19.4. The Hall–Kier alpha value is -2.58. The maximum Gasteiger partial charge on any atom is 0.422 e. The summed E-state index contributed by atoms with van der Waals surface area (Å²) >= 11 is 0.